The summed E-state index contributed by atoms with van der Waals surface area (Å²) >= 11 is 0. The van der Waals surface area contributed by atoms with Crippen LogP contribution in [0.4, 0.5) is 0 Å². The number of carboxylic acids is 1. The number of aryl methyl sites for hydroxylation is 1. The van der Waals surface area contributed by atoms with E-state index in [1.807, 2.05) is 31.2 Å². The summed E-state index contributed by atoms with van der Waals surface area (Å²) in [5, 5.41) is 12.1. The third kappa shape index (κ3) is 4.84. The number of hydrogen-bond acceptors (Lipinski definition) is 3. The molecule has 0 bridgehead atoms. The number of carboxylic acid groups (broad SMARTS) is 1. The van der Waals surface area contributed by atoms with Crippen LogP contribution < -0.4 is 10.1 Å². The number of rotatable bonds is 7. The van der Waals surface area contributed by atoms with Gasteiger partial charge in [0.15, 0.2) is 0 Å². The van der Waals surface area contributed by atoms with Gasteiger partial charge < -0.3 is 15.2 Å². The van der Waals surface area contributed by atoms with E-state index in [4.69, 9.17) is 4.74 Å². The first-order valence-electron chi connectivity index (χ1n) is 7.70. The van der Waals surface area contributed by atoms with Gasteiger partial charge in [-0.2, -0.15) is 0 Å². The molecule has 0 saturated carbocycles. The number of aliphatic carboxylic acids is 1. The monoisotopic (exact) mass is 327 g/mol. The van der Waals surface area contributed by atoms with E-state index in [1.165, 1.54) is 0 Å². The molecule has 2 N–H and O–H groups in total. The fourth-order valence-electron chi connectivity index (χ4n) is 2.43. The van der Waals surface area contributed by atoms with E-state index in [1.54, 1.807) is 31.4 Å². The molecule has 0 aromatic heterocycles. The second-order valence-electron chi connectivity index (χ2n) is 5.67. The maximum absolute atomic E-state index is 12.1. The maximum Gasteiger partial charge on any atom is 0.308 e. The molecular formula is C19H21NO4. The highest BCUT2D eigenvalue weighted by Crippen LogP contribution is 2.13. The summed E-state index contributed by atoms with van der Waals surface area (Å²) in [5.74, 6) is -1.23. The topological polar surface area (TPSA) is 75.6 Å². The van der Waals surface area contributed by atoms with Gasteiger partial charge in [0.2, 0.25) is 0 Å². The largest absolute Gasteiger partial charge is 0.497 e. The van der Waals surface area contributed by atoms with Crippen LogP contribution in [0.15, 0.2) is 48.5 Å². The average molecular weight is 327 g/mol. The first kappa shape index (κ1) is 17.5. The van der Waals surface area contributed by atoms with E-state index >= 15 is 0 Å². The first-order chi connectivity index (χ1) is 11.5. The molecule has 0 aliphatic heterocycles. The van der Waals surface area contributed by atoms with Crippen molar-refractivity contribution in [3.05, 3.63) is 65.2 Å². The molecule has 5 nitrogen and oxygen atoms in total. The summed E-state index contributed by atoms with van der Waals surface area (Å²) in [6.07, 6.45) is 0.375. The molecule has 5 heteroatoms. The summed E-state index contributed by atoms with van der Waals surface area (Å²) in [6, 6.07) is 14.4. The number of nitrogens with one attached hydrogen (secondary N) is 1. The van der Waals surface area contributed by atoms with Crippen molar-refractivity contribution in [2.75, 3.05) is 13.7 Å². The Hall–Kier alpha value is -2.82. The van der Waals surface area contributed by atoms with Crippen molar-refractivity contribution in [3.8, 4) is 5.75 Å². The van der Waals surface area contributed by atoms with Crippen LogP contribution in [0.2, 0.25) is 0 Å². The minimum absolute atomic E-state index is 0.0775. The fraction of sp³-hybridized carbons (Fsp3) is 0.263. The molecule has 0 heterocycles. The van der Waals surface area contributed by atoms with Crippen molar-refractivity contribution in [3.63, 3.8) is 0 Å². The average Bonchev–Trinajstić information content (AvgIpc) is 2.58. The molecule has 2 rings (SSSR count). The van der Waals surface area contributed by atoms with Gasteiger partial charge in [0.1, 0.15) is 5.75 Å². The third-order valence-electron chi connectivity index (χ3n) is 3.78. The van der Waals surface area contributed by atoms with Crippen LogP contribution in [0.25, 0.3) is 0 Å². The Morgan fingerprint density at radius 3 is 2.46 bits per heavy atom. The molecule has 126 valence electrons. The van der Waals surface area contributed by atoms with Gasteiger partial charge in [-0.25, -0.2) is 0 Å². The highest BCUT2D eigenvalue weighted by Gasteiger charge is 2.19. The maximum atomic E-state index is 12.1. The van der Waals surface area contributed by atoms with E-state index in [0.717, 1.165) is 11.1 Å². The van der Waals surface area contributed by atoms with Gasteiger partial charge in [-0.1, -0.05) is 29.8 Å². The number of ether oxygens (including phenoxy) is 1. The van der Waals surface area contributed by atoms with Crippen LogP contribution in [0.5, 0.6) is 5.75 Å². The van der Waals surface area contributed by atoms with Gasteiger partial charge in [0.05, 0.1) is 13.0 Å². The zero-order chi connectivity index (χ0) is 17.5. The highest BCUT2D eigenvalue weighted by molar-refractivity contribution is 5.94. The summed E-state index contributed by atoms with van der Waals surface area (Å²) in [5.41, 5.74) is 2.50. The van der Waals surface area contributed by atoms with E-state index in [9.17, 15) is 14.7 Å². The molecule has 24 heavy (non-hydrogen) atoms. The van der Waals surface area contributed by atoms with E-state index in [0.29, 0.717) is 17.7 Å². The molecule has 0 fully saturated rings. The van der Waals surface area contributed by atoms with E-state index < -0.39 is 11.9 Å². The lowest BCUT2D eigenvalue weighted by Crippen LogP contribution is -2.34. The zero-order valence-corrected chi connectivity index (χ0v) is 13.8. The number of carbonyl (C=O) groups excluding carboxylic acids is 1. The van der Waals surface area contributed by atoms with Crippen molar-refractivity contribution in [2.45, 2.75) is 13.3 Å². The second-order valence-corrected chi connectivity index (χ2v) is 5.67. The summed E-state index contributed by atoms with van der Waals surface area (Å²) in [6.45, 7) is 2.04. The molecular weight excluding hydrogens is 306 g/mol. The Bertz CT molecular complexity index is 710. The van der Waals surface area contributed by atoms with E-state index in [2.05, 4.69) is 5.32 Å². The van der Waals surface area contributed by atoms with Gasteiger partial charge >= 0.3 is 5.97 Å². The molecule has 0 aliphatic carbocycles. The predicted octanol–water partition coefficient (Wildman–Crippen LogP) is 2.68. The Labute approximate surface area is 141 Å². The lowest BCUT2D eigenvalue weighted by Gasteiger charge is -2.14. The van der Waals surface area contributed by atoms with Gasteiger partial charge in [0, 0.05) is 12.1 Å². The van der Waals surface area contributed by atoms with Gasteiger partial charge in [-0.15, -0.1) is 0 Å². The Kier molecular flexibility index (Phi) is 5.95. The van der Waals surface area contributed by atoms with Crippen molar-refractivity contribution >= 4 is 11.9 Å². The lowest BCUT2D eigenvalue weighted by molar-refractivity contribution is -0.141. The van der Waals surface area contributed by atoms with Gasteiger partial charge in [0.25, 0.3) is 5.91 Å². The minimum atomic E-state index is -0.925. The fourth-order valence-corrected chi connectivity index (χ4v) is 2.43. The number of hydrogen-bond donors (Lipinski definition) is 2. The molecule has 0 radical (unpaired) electrons. The molecule has 0 saturated heterocycles. The molecule has 1 unspecified atom stereocenters. The van der Waals surface area contributed by atoms with Crippen LogP contribution in [-0.4, -0.2) is 30.6 Å². The van der Waals surface area contributed by atoms with Crippen molar-refractivity contribution in [2.24, 2.45) is 5.92 Å². The lowest BCUT2D eigenvalue weighted by atomic mass is 9.98. The number of methoxy groups -OCH3 is 1. The quantitative estimate of drug-likeness (QED) is 0.820. The molecule has 2 aromatic carbocycles. The third-order valence-corrected chi connectivity index (χ3v) is 3.78. The Morgan fingerprint density at radius 2 is 1.88 bits per heavy atom. The number of carbonyl (C=O) groups is 2. The van der Waals surface area contributed by atoms with Crippen LogP contribution in [0, 0.1) is 12.8 Å². The summed E-state index contributed by atoms with van der Waals surface area (Å²) in [7, 11) is 1.55. The van der Waals surface area contributed by atoms with Crippen LogP contribution in [0.3, 0.4) is 0 Å². The van der Waals surface area contributed by atoms with Crippen LogP contribution in [-0.2, 0) is 11.2 Å². The van der Waals surface area contributed by atoms with Crippen molar-refractivity contribution < 1.29 is 19.4 Å². The summed E-state index contributed by atoms with van der Waals surface area (Å²) < 4.78 is 5.05. The van der Waals surface area contributed by atoms with E-state index in [-0.39, 0.29) is 12.5 Å². The second kappa shape index (κ2) is 8.15. The van der Waals surface area contributed by atoms with Crippen LogP contribution >= 0.6 is 0 Å². The van der Waals surface area contributed by atoms with Crippen molar-refractivity contribution in [1.29, 1.82) is 0 Å². The normalized spacial score (nSPS) is 11.6. The molecule has 0 aliphatic rings. The van der Waals surface area contributed by atoms with Gasteiger partial charge in [-0.05, 0) is 43.2 Å². The SMILES string of the molecule is COc1ccc(C(=O)NCC(Cc2cccc(C)c2)C(=O)O)cc1. The first-order valence-corrected chi connectivity index (χ1v) is 7.70. The van der Waals surface area contributed by atoms with Crippen molar-refractivity contribution in [1.82, 2.24) is 5.32 Å². The van der Waals surface area contributed by atoms with Gasteiger partial charge in [-0.3, -0.25) is 9.59 Å². The van der Waals surface area contributed by atoms with Crippen LogP contribution in [0.1, 0.15) is 21.5 Å². The zero-order valence-electron chi connectivity index (χ0n) is 13.8. The number of amides is 1. The molecule has 2 aromatic rings. The standard InChI is InChI=1S/C19H21NO4/c1-13-4-3-5-14(10-13)11-16(19(22)23)12-20-18(21)15-6-8-17(24-2)9-7-15/h3-10,16H,11-12H2,1-2H3,(H,20,21)(H,22,23). The Morgan fingerprint density at radius 1 is 1.17 bits per heavy atom. The Balaban J connectivity index is 1.97. The highest BCUT2D eigenvalue weighted by atomic mass is 16.5. The number of benzene rings is 2. The molecule has 1 amide bonds. The molecule has 1 atom stereocenters. The summed E-state index contributed by atoms with van der Waals surface area (Å²) in [4.78, 5) is 23.6. The predicted molar refractivity (Wildman–Crippen MR) is 91.3 cm³/mol. The molecule has 0 spiro atoms. The minimum Gasteiger partial charge on any atom is -0.497 e. The smallest absolute Gasteiger partial charge is 0.308 e.